The number of aryl methyl sites for hydroxylation is 2. The molecule has 0 aliphatic carbocycles. The van der Waals surface area contributed by atoms with E-state index in [0.717, 1.165) is 66.2 Å². The number of hydrogen-bond acceptors (Lipinski definition) is 0. The van der Waals surface area contributed by atoms with Gasteiger partial charge >= 0.3 is 24.7 Å². The third kappa shape index (κ3) is 7.16. The van der Waals surface area contributed by atoms with Crippen molar-refractivity contribution >= 4 is 49.3 Å². The first-order valence-electron chi connectivity index (χ1n) is 19.2. The van der Waals surface area contributed by atoms with Crippen LogP contribution in [-0.2, 0) is 24.7 Å². The number of rotatable bonds is 4. The minimum absolute atomic E-state index is 0.00201. The Morgan fingerprint density at radius 1 is 0.391 bits per heavy atom. The summed E-state index contributed by atoms with van der Waals surface area (Å²) in [5, 5.41) is 0.393. The highest BCUT2D eigenvalue weighted by Crippen LogP contribution is 2.46. The van der Waals surface area contributed by atoms with E-state index in [4.69, 9.17) is 6.57 Å². The van der Waals surface area contributed by atoms with Crippen LogP contribution < -0.4 is 0 Å². The largest absolute Gasteiger partial charge is 0.416 e. The maximum atomic E-state index is 14.1. The molecule has 0 radical (unpaired) electrons. The number of benzene rings is 7. The molecule has 9 rings (SSSR count). The van der Waals surface area contributed by atoms with Crippen LogP contribution in [-0.4, -0.2) is 9.13 Å². The Morgan fingerprint density at radius 2 is 0.875 bits per heavy atom. The second-order valence-electron chi connectivity index (χ2n) is 15.5. The normalized spacial score (nSPS) is 12.8. The maximum Gasteiger partial charge on any atom is 0.416 e. The van der Waals surface area contributed by atoms with Crippen molar-refractivity contribution in [1.29, 1.82) is 0 Å². The number of fused-ring (bicyclic) bond motifs is 6. The van der Waals surface area contributed by atoms with Crippen molar-refractivity contribution in [3.8, 4) is 33.6 Å². The van der Waals surface area contributed by atoms with Crippen LogP contribution in [0.5, 0.6) is 0 Å². The Kier molecular flexibility index (Phi) is 9.48. The van der Waals surface area contributed by atoms with E-state index in [2.05, 4.69) is 4.85 Å². The van der Waals surface area contributed by atoms with Crippen LogP contribution in [0.4, 0.5) is 58.4 Å². The first-order chi connectivity index (χ1) is 30.0. The van der Waals surface area contributed by atoms with Crippen molar-refractivity contribution in [2.45, 2.75) is 38.6 Å². The summed E-state index contributed by atoms with van der Waals surface area (Å²) in [6.07, 6.45) is -19.1. The van der Waals surface area contributed by atoms with Crippen LogP contribution in [0.25, 0.3) is 82.1 Å². The van der Waals surface area contributed by atoms with E-state index in [9.17, 15) is 52.7 Å². The van der Waals surface area contributed by atoms with Gasteiger partial charge in [-0.3, -0.25) is 0 Å². The molecule has 3 nitrogen and oxygen atoms in total. The monoisotopic (exact) mass is 885 g/mol. The van der Waals surface area contributed by atoms with Gasteiger partial charge in [0, 0.05) is 27.2 Å². The maximum absolute atomic E-state index is 14.1. The first-order valence-corrected chi connectivity index (χ1v) is 19.2. The first kappa shape index (κ1) is 42.1. The molecule has 7 aromatic carbocycles. The van der Waals surface area contributed by atoms with E-state index in [1.54, 1.807) is 47.9 Å². The van der Waals surface area contributed by atoms with Crippen LogP contribution in [0.1, 0.15) is 33.4 Å². The molecule has 0 spiro atoms. The summed E-state index contributed by atoms with van der Waals surface area (Å²) in [5.41, 5.74) is -0.786. The summed E-state index contributed by atoms with van der Waals surface area (Å²) in [6.45, 7) is 11.5. The van der Waals surface area contributed by atoms with Gasteiger partial charge in [0.2, 0.25) is 0 Å². The predicted molar refractivity (Wildman–Crippen MR) is 222 cm³/mol. The molecule has 0 fully saturated rings. The molecular formula is C49H27F12N3. The van der Waals surface area contributed by atoms with E-state index < -0.39 is 47.0 Å². The van der Waals surface area contributed by atoms with Crippen molar-refractivity contribution in [3.05, 3.63) is 172 Å². The lowest BCUT2D eigenvalue weighted by Crippen LogP contribution is -2.05. The van der Waals surface area contributed by atoms with Gasteiger partial charge in [0.05, 0.1) is 56.6 Å². The molecule has 15 heteroatoms. The van der Waals surface area contributed by atoms with Crippen molar-refractivity contribution in [1.82, 2.24) is 9.13 Å². The summed E-state index contributed by atoms with van der Waals surface area (Å²) in [6, 6.07) is 26.3. The van der Waals surface area contributed by atoms with Gasteiger partial charge < -0.3 is 9.13 Å². The molecule has 0 aliphatic heterocycles. The topological polar surface area (TPSA) is 14.2 Å². The SMILES string of the molecule is [C-]#[N+]c1ccc(-n2c3ccc(C(F)(F)F)cc3c3cc(C(F)(F)F)ccc32)cc1-c1cc(-c2cc(C)cc(C(F)(F)F)c2)ccc1-n1c2ccc(C)cc2c2cc(C(F)(F)F)ccc21. The predicted octanol–water partition coefficient (Wildman–Crippen LogP) is 16.5. The van der Waals surface area contributed by atoms with Crippen LogP contribution in [0.15, 0.2) is 127 Å². The van der Waals surface area contributed by atoms with Crippen molar-refractivity contribution in [2.75, 3.05) is 0 Å². The third-order valence-electron chi connectivity index (χ3n) is 11.3. The molecule has 0 saturated carbocycles. The van der Waals surface area contributed by atoms with Gasteiger partial charge in [0.25, 0.3) is 0 Å². The van der Waals surface area contributed by atoms with Gasteiger partial charge in [-0.1, -0.05) is 29.8 Å². The number of hydrogen-bond donors (Lipinski definition) is 0. The average Bonchev–Trinajstić information content (AvgIpc) is 3.73. The Balaban J connectivity index is 1.37. The molecule has 0 amide bonds. The third-order valence-corrected chi connectivity index (χ3v) is 11.3. The number of nitrogens with zero attached hydrogens (tertiary/aromatic N) is 3. The molecule has 9 aromatic rings. The van der Waals surface area contributed by atoms with Gasteiger partial charge in [0.1, 0.15) is 0 Å². The van der Waals surface area contributed by atoms with Crippen LogP contribution in [0, 0.1) is 20.4 Å². The fourth-order valence-electron chi connectivity index (χ4n) is 8.44. The summed E-state index contributed by atoms with van der Waals surface area (Å²) in [7, 11) is 0. The van der Waals surface area contributed by atoms with Crippen LogP contribution in [0.2, 0.25) is 0 Å². The number of alkyl halides is 12. The molecule has 322 valence electrons. The molecule has 2 aromatic heterocycles. The molecule has 64 heavy (non-hydrogen) atoms. The van der Waals surface area contributed by atoms with Crippen molar-refractivity contribution in [2.24, 2.45) is 0 Å². The fourth-order valence-corrected chi connectivity index (χ4v) is 8.44. The van der Waals surface area contributed by atoms with Gasteiger partial charge in [-0.25, -0.2) is 4.85 Å². The lowest BCUT2D eigenvalue weighted by atomic mass is 9.94. The summed E-state index contributed by atoms with van der Waals surface area (Å²) < 4.78 is 172. The van der Waals surface area contributed by atoms with E-state index in [1.807, 2.05) is 0 Å². The van der Waals surface area contributed by atoms with Crippen LogP contribution >= 0.6 is 0 Å². The molecular weight excluding hydrogens is 859 g/mol. The molecule has 0 bridgehead atoms. The Hall–Kier alpha value is -7.21. The molecule has 0 unspecified atom stereocenters. The van der Waals surface area contributed by atoms with Gasteiger partial charge in [-0.05, 0) is 145 Å². The molecule has 0 atom stereocenters. The van der Waals surface area contributed by atoms with Crippen molar-refractivity contribution < 1.29 is 52.7 Å². The van der Waals surface area contributed by atoms with Crippen molar-refractivity contribution in [3.63, 3.8) is 0 Å². The standard InChI is InChI=1S/C49H27F12N3/c1-25-4-11-43-35(18-25)37-21-31(48(56,57)58)8-15-45(37)64(43)44-12-5-27(28-16-26(2)17-32(19-28)49(59,60)61)20-36(44)34-24-33(9-10-40(34)62-3)63-41-13-6-29(46(50,51)52)22-38(41)39-23-30(47(53,54)55)7-14-42(39)63/h4-24H,1-2H3. The lowest BCUT2D eigenvalue weighted by Gasteiger charge is -2.19. The Morgan fingerprint density at radius 3 is 1.38 bits per heavy atom. The molecule has 2 heterocycles. The summed E-state index contributed by atoms with van der Waals surface area (Å²) >= 11 is 0. The highest BCUT2D eigenvalue weighted by Gasteiger charge is 2.35. The quantitative estimate of drug-likeness (QED) is 0.124. The highest BCUT2D eigenvalue weighted by molar-refractivity contribution is 6.11. The zero-order chi connectivity index (χ0) is 45.8. The second kappa shape index (κ2) is 14.4. The van der Waals surface area contributed by atoms with Gasteiger partial charge in [-0.15, -0.1) is 0 Å². The highest BCUT2D eigenvalue weighted by atomic mass is 19.4. The zero-order valence-corrected chi connectivity index (χ0v) is 33.0. The van der Waals surface area contributed by atoms with Crippen LogP contribution in [0.3, 0.4) is 0 Å². The van der Waals surface area contributed by atoms with E-state index in [0.29, 0.717) is 22.1 Å². The van der Waals surface area contributed by atoms with Gasteiger partial charge in [-0.2, -0.15) is 52.7 Å². The van der Waals surface area contributed by atoms with E-state index >= 15 is 0 Å². The average molecular weight is 886 g/mol. The fraction of sp³-hybridized carbons (Fsp3) is 0.122. The minimum Gasteiger partial charge on any atom is -0.309 e. The Bertz CT molecular complexity index is 3360. The van der Waals surface area contributed by atoms with E-state index in [-0.39, 0.29) is 66.4 Å². The van der Waals surface area contributed by atoms with Gasteiger partial charge in [0.15, 0.2) is 5.69 Å². The molecule has 0 saturated heterocycles. The number of halogens is 12. The minimum atomic E-state index is -4.84. The lowest BCUT2D eigenvalue weighted by molar-refractivity contribution is -0.138. The summed E-state index contributed by atoms with van der Waals surface area (Å²) in [5.74, 6) is 0. The zero-order valence-electron chi connectivity index (χ0n) is 33.0. The summed E-state index contributed by atoms with van der Waals surface area (Å²) in [4.78, 5) is 3.74. The number of aromatic nitrogens is 2. The second-order valence-corrected chi connectivity index (χ2v) is 15.5. The Labute approximate surface area is 354 Å². The molecule has 0 N–H and O–H groups in total. The van der Waals surface area contributed by atoms with E-state index in [1.165, 1.54) is 41.8 Å². The smallest absolute Gasteiger partial charge is 0.309 e. The molecule has 0 aliphatic rings.